The minimum atomic E-state index is -0.260. The van der Waals surface area contributed by atoms with E-state index in [1.54, 1.807) is 23.5 Å². The van der Waals surface area contributed by atoms with Crippen molar-refractivity contribution in [2.45, 2.75) is 39.2 Å². The first kappa shape index (κ1) is 15.9. The quantitative estimate of drug-likeness (QED) is 0.917. The molecule has 0 aliphatic heterocycles. The third-order valence-electron chi connectivity index (χ3n) is 3.04. The Kier molecular flexibility index (Phi) is 4.96. The largest absolute Gasteiger partial charge is 0.493 e. The van der Waals surface area contributed by atoms with Gasteiger partial charge in [0.05, 0.1) is 17.3 Å². The lowest BCUT2D eigenvalue weighted by Crippen LogP contribution is -2.15. The summed E-state index contributed by atoms with van der Waals surface area (Å²) in [5.74, 6) is 0.410. The van der Waals surface area contributed by atoms with Gasteiger partial charge in [-0.3, -0.25) is 0 Å². The summed E-state index contributed by atoms with van der Waals surface area (Å²) in [5.41, 5.74) is 6.88. The molecule has 0 aliphatic rings. The Hall–Kier alpha value is -1.46. The fraction of sp³-hybridized carbons (Fsp3) is 0.438. The second kappa shape index (κ2) is 6.54. The van der Waals surface area contributed by atoms with Crippen molar-refractivity contribution in [2.75, 3.05) is 6.61 Å². The molecule has 0 atom stereocenters. The molecule has 2 aromatic rings. The van der Waals surface area contributed by atoms with E-state index >= 15 is 0 Å². The van der Waals surface area contributed by atoms with Crippen LogP contribution in [0, 0.1) is 5.82 Å². The molecule has 0 fully saturated rings. The fourth-order valence-corrected chi connectivity index (χ4v) is 3.16. The summed E-state index contributed by atoms with van der Waals surface area (Å²) >= 11 is 1.65. The van der Waals surface area contributed by atoms with Crippen LogP contribution in [-0.2, 0) is 18.4 Å². The van der Waals surface area contributed by atoms with Gasteiger partial charge in [0.25, 0.3) is 0 Å². The Morgan fingerprint density at radius 3 is 2.43 bits per heavy atom. The van der Waals surface area contributed by atoms with E-state index in [0.29, 0.717) is 18.9 Å². The number of halogens is 1. The van der Waals surface area contributed by atoms with Crippen molar-refractivity contribution in [3.8, 4) is 5.75 Å². The number of aromatic nitrogens is 1. The molecule has 0 amide bonds. The van der Waals surface area contributed by atoms with Crippen molar-refractivity contribution in [1.29, 1.82) is 0 Å². The van der Waals surface area contributed by atoms with Crippen LogP contribution in [0.5, 0.6) is 5.75 Å². The van der Waals surface area contributed by atoms with Gasteiger partial charge in [-0.05, 0) is 24.3 Å². The molecule has 1 aromatic carbocycles. The van der Waals surface area contributed by atoms with Crippen LogP contribution in [0.2, 0.25) is 0 Å². The van der Waals surface area contributed by atoms with Crippen molar-refractivity contribution in [3.05, 3.63) is 45.7 Å². The zero-order valence-electron chi connectivity index (χ0n) is 12.6. The summed E-state index contributed by atoms with van der Waals surface area (Å²) < 4.78 is 18.4. The molecule has 0 saturated heterocycles. The third-order valence-corrected chi connectivity index (χ3v) is 4.17. The number of benzene rings is 1. The van der Waals surface area contributed by atoms with Gasteiger partial charge < -0.3 is 10.5 Å². The number of rotatable bonds is 5. The SMILES string of the molecule is CC(C)(C)c1nc(CCOc2ccc(F)cc2)sc1CN. The Balaban J connectivity index is 1.97. The van der Waals surface area contributed by atoms with E-state index in [4.69, 9.17) is 15.5 Å². The highest BCUT2D eigenvalue weighted by atomic mass is 32.1. The van der Waals surface area contributed by atoms with E-state index in [9.17, 15) is 4.39 Å². The second-order valence-electron chi connectivity index (χ2n) is 5.89. The van der Waals surface area contributed by atoms with E-state index in [2.05, 4.69) is 20.8 Å². The smallest absolute Gasteiger partial charge is 0.123 e. The highest BCUT2D eigenvalue weighted by Gasteiger charge is 2.22. The average Bonchev–Trinajstić information content (AvgIpc) is 2.84. The lowest BCUT2D eigenvalue weighted by Gasteiger charge is -2.16. The number of nitrogens with zero attached hydrogens (tertiary/aromatic N) is 1. The summed E-state index contributed by atoms with van der Waals surface area (Å²) in [5, 5.41) is 1.03. The maximum atomic E-state index is 12.8. The Bertz CT molecular complexity index is 587. The van der Waals surface area contributed by atoms with Crippen LogP contribution < -0.4 is 10.5 Å². The van der Waals surface area contributed by atoms with Crippen molar-refractivity contribution in [3.63, 3.8) is 0 Å². The number of hydrogen-bond acceptors (Lipinski definition) is 4. The predicted molar refractivity (Wildman–Crippen MR) is 84.3 cm³/mol. The van der Waals surface area contributed by atoms with Crippen LogP contribution in [0.3, 0.4) is 0 Å². The van der Waals surface area contributed by atoms with Gasteiger partial charge in [-0.25, -0.2) is 9.37 Å². The Morgan fingerprint density at radius 1 is 1.24 bits per heavy atom. The Morgan fingerprint density at radius 2 is 1.90 bits per heavy atom. The van der Waals surface area contributed by atoms with Crippen LogP contribution in [0.15, 0.2) is 24.3 Å². The summed E-state index contributed by atoms with van der Waals surface area (Å²) in [6.07, 6.45) is 0.727. The van der Waals surface area contributed by atoms with E-state index < -0.39 is 0 Å². The van der Waals surface area contributed by atoms with Gasteiger partial charge in [-0.1, -0.05) is 20.8 Å². The average molecular weight is 308 g/mol. The molecule has 0 bridgehead atoms. The maximum Gasteiger partial charge on any atom is 0.123 e. The number of hydrogen-bond donors (Lipinski definition) is 1. The molecule has 0 radical (unpaired) electrons. The maximum absolute atomic E-state index is 12.8. The monoisotopic (exact) mass is 308 g/mol. The van der Waals surface area contributed by atoms with E-state index in [1.807, 2.05) is 0 Å². The minimum absolute atomic E-state index is 0.00126. The molecule has 1 aromatic heterocycles. The lowest BCUT2D eigenvalue weighted by molar-refractivity contribution is 0.321. The highest BCUT2D eigenvalue weighted by molar-refractivity contribution is 7.11. The minimum Gasteiger partial charge on any atom is -0.493 e. The lowest BCUT2D eigenvalue weighted by atomic mass is 9.91. The molecular formula is C16H21FN2OS. The molecule has 5 heteroatoms. The molecule has 2 rings (SSSR count). The van der Waals surface area contributed by atoms with Gasteiger partial charge in [-0.15, -0.1) is 11.3 Å². The number of thiazole rings is 1. The van der Waals surface area contributed by atoms with E-state index in [0.717, 1.165) is 22.0 Å². The van der Waals surface area contributed by atoms with Crippen LogP contribution in [-0.4, -0.2) is 11.6 Å². The standard InChI is InChI=1S/C16H21FN2OS/c1-16(2,3)15-13(10-18)21-14(19-15)8-9-20-12-6-4-11(17)5-7-12/h4-7H,8-10,18H2,1-3H3. The molecule has 2 N–H and O–H groups in total. The zero-order chi connectivity index (χ0) is 15.5. The summed E-state index contributed by atoms with van der Waals surface area (Å²) in [6, 6.07) is 6.04. The van der Waals surface area contributed by atoms with Crippen LogP contribution in [0.25, 0.3) is 0 Å². The van der Waals surface area contributed by atoms with Crippen molar-refractivity contribution in [2.24, 2.45) is 5.73 Å². The molecule has 1 heterocycles. The summed E-state index contributed by atoms with van der Waals surface area (Å²) in [7, 11) is 0. The van der Waals surface area contributed by atoms with Gasteiger partial charge in [-0.2, -0.15) is 0 Å². The molecular weight excluding hydrogens is 287 g/mol. The highest BCUT2D eigenvalue weighted by Crippen LogP contribution is 2.29. The molecule has 21 heavy (non-hydrogen) atoms. The molecule has 0 unspecified atom stereocenters. The van der Waals surface area contributed by atoms with Crippen LogP contribution in [0.4, 0.5) is 4.39 Å². The zero-order valence-corrected chi connectivity index (χ0v) is 13.5. The molecule has 0 spiro atoms. The van der Waals surface area contributed by atoms with Crippen LogP contribution >= 0.6 is 11.3 Å². The fourth-order valence-electron chi connectivity index (χ4n) is 2.02. The van der Waals surface area contributed by atoms with Crippen molar-refractivity contribution >= 4 is 11.3 Å². The molecule has 114 valence electrons. The first-order valence-electron chi connectivity index (χ1n) is 6.97. The van der Waals surface area contributed by atoms with Gasteiger partial charge >= 0.3 is 0 Å². The van der Waals surface area contributed by atoms with Crippen molar-refractivity contribution < 1.29 is 9.13 Å². The summed E-state index contributed by atoms with van der Waals surface area (Å²) in [4.78, 5) is 5.83. The van der Waals surface area contributed by atoms with E-state index in [1.165, 1.54) is 12.1 Å². The molecule has 0 aliphatic carbocycles. The predicted octanol–water partition coefficient (Wildman–Crippen LogP) is 3.66. The third kappa shape index (κ3) is 4.25. The van der Waals surface area contributed by atoms with E-state index in [-0.39, 0.29) is 11.2 Å². The van der Waals surface area contributed by atoms with Crippen LogP contribution in [0.1, 0.15) is 36.3 Å². The summed E-state index contributed by atoms with van der Waals surface area (Å²) in [6.45, 7) is 7.45. The second-order valence-corrected chi connectivity index (χ2v) is 7.05. The Labute approximate surface area is 129 Å². The van der Waals surface area contributed by atoms with Gasteiger partial charge in [0.2, 0.25) is 0 Å². The first-order chi connectivity index (χ1) is 9.90. The topological polar surface area (TPSA) is 48.1 Å². The molecule has 0 saturated carbocycles. The normalized spacial score (nSPS) is 11.7. The first-order valence-corrected chi connectivity index (χ1v) is 7.79. The number of ether oxygens (including phenoxy) is 1. The number of nitrogens with two attached hydrogens (primary N) is 1. The van der Waals surface area contributed by atoms with Crippen molar-refractivity contribution in [1.82, 2.24) is 4.98 Å². The van der Waals surface area contributed by atoms with Gasteiger partial charge in [0.15, 0.2) is 0 Å². The van der Waals surface area contributed by atoms with Gasteiger partial charge in [0, 0.05) is 23.3 Å². The molecule has 3 nitrogen and oxygen atoms in total. The van der Waals surface area contributed by atoms with Gasteiger partial charge in [0.1, 0.15) is 11.6 Å².